The van der Waals surface area contributed by atoms with Gasteiger partial charge in [-0.3, -0.25) is 4.79 Å². The van der Waals surface area contributed by atoms with Gasteiger partial charge in [-0.25, -0.2) is 0 Å². The zero-order chi connectivity index (χ0) is 25.2. The number of benzene rings is 2. The van der Waals surface area contributed by atoms with Gasteiger partial charge >= 0.3 is 0 Å². The molecule has 0 aliphatic rings. The van der Waals surface area contributed by atoms with Crippen LogP contribution < -0.4 is 20.3 Å². The van der Waals surface area contributed by atoms with Crippen LogP contribution in [0.5, 0.6) is 11.5 Å². The Balaban J connectivity index is 1.82. The smallest absolute Gasteiger partial charge is 0.253 e. The first-order chi connectivity index (χ1) is 16.9. The average Bonchev–Trinajstić information content (AvgIpc) is 2.85. The van der Waals surface area contributed by atoms with Crippen LogP contribution >= 0.6 is 12.2 Å². The Bertz CT molecular complexity index is 1190. The highest BCUT2D eigenvalue weighted by Crippen LogP contribution is 2.31. The van der Waals surface area contributed by atoms with Crippen LogP contribution in [0.3, 0.4) is 0 Å². The fraction of sp³-hybridized carbons (Fsp3) is 0.407. The maximum Gasteiger partial charge on any atom is 0.253 e. The summed E-state index contributed by atoms with van der Waals surface area (Å²) in [5.41, 5.74) is 3.63. The molecule has 0 aliphatic carbocycles. The van der Waals surface area contributed by atoms with Crippen molar-refractivity contribution in [2.75, 3.05) is 40.5 Å². The highest BCUT2D eigenvalue weighted by molar-refractivity contribution is 7.80. The molecular weight excluding hydrogens is 462 g/mol. The summed E-state index contributed by atoms with van der Waals surface area (Å²) in [6, 6.07) is 14.0. The number of pyridine rings is 1. The molecule has 0 saturated carbocycles. The minimum absolute atomic E-state index is 0.149. The van der Waals surface area contributed by atoms with Gasteiger partial charge in [0.2, 0.25) is 0 Å². The summed E-state index contributed by atoms with van der Waals surface area (Å²) in [4.78, 5) is 18.0. The molecule has 0 saturated heterocycles. The number of aromatic nitrogens is 1. The molecular formula is C27H35N3O4S. The fourth-order valence-corrected chi connectivity index (χ4v) is 4.17. The van der Waals surface area contributed by atoms with Crippen LogP contribution in [0.15, 0.2) is 47.3 Å². The van der Waals surface area contributed by atoms with Crippen LogP contribution in [-0.4, -0.2) is 55.5 Å². The predicted molar refractivity (Wildman–Crippen MR) is 145 cm³/mol. The van der Waals surface area contributed by atoms with Gasteiger partial charge in [0.1, 0.15) is 0 Å². The SMILES string of the molecule is CCOCCCNC(=S)N(CCc1cccc(C)c1)Cc1cc2cc(OC)c(OC)cc2[nH]c1=O. The lowest BCUT2D eigenvalue weighted by Gasteiger charge is -2.26. The van der Waals surface area contributed by atoms with E-state index in [-0.39, 0.29) is 5.56 Å². The highest BCUT2D eigenvalue weighted by atomic mass is 32.1. The normalized spacial score (nSPS) is 10.9. The van der Waals surface area contributed by atoms with Crippen LogP contribution in [0, 0.1) is 6.92 Å². The molecule has 1 heterocycles. The lowest BCUT2D eigenvalue weighted by molar-refractivity contribution is 0.145. The minimum Gasteiger partial charge on any atom is -0.493 e. The van der Waals surface area contributed by atoms with Gasteiger partial charge in [0.05, 0.1) is 26.3 Å². The van der Waals surface area contributed by atoms with Gasteiger partial charge in [-0.15, -0.1) is 0 Å². The first-order valence-corrected chi connectivity index (χ1v) is 12.3. The lowest BCUT2D eigenvalue weighted by Crippen LogP contribution is -2.42. The van der Waals surface area contributed by atoms with Crippen molar-refractivity contribution in [2.24, 2.45) is 0 Å². The number of aryl methyl sites for hydroxylation is 1. The Hall–Kier alpha value is -3.10. The van der Waals surface area contributed by atoms with Crippen LogP contribution in [0.25, 0.3) is 10.9 Å². The Morgan fingerprint density at radius 2 is 1.89 bits per heavy atom. The van der Waals surface area contributed by atoms with Crippen LogP contribution in [0.2, 0.25) is 0 Å². The standard InChI is InChI=1S/C27H35N3O4S/c1-5-34-13-7-11-28-27(35)30(12-10-20-9-6-8-19(2)14-20)18-22-15-21-16-24(32-3)25(33-4)17-23(21)29-26(22)31/h6,8-9,14-17H,5,7,10-13,18H2,1-4H3,(H,28,35)(H,29,31). The van der Waals surface area contributed by atoms with E-state index in [9.17, 15) is 4.79 Å². The van der Waals surface area contributed by atoms with Gasteiger partial charge in [0.15, 0.2) is 16.6 Å². The van der Waals surface area contributed by atoms with Crippen molar-refractivity contribution in [3.63, 3.8) is 0 Å². The summed E-state index contributed by atoms with van der Waals surface area (Å²) in [5.74, 6) is 1.18. The number of rotatable bonds is 12. The molecule has 7 nitrogen and oxygen atoms in total. The monoisotopic (exact) mass is 497 g/mol. The van der Waals surface area contributed by atoms with E-state index >= 15 is 0 Å². The van der Waals surface area contributed by atoms with Crippen molar-refractivity contribution in [1.82, 2.24) is 15.2 Å². The zero-order valence-corrected chi connectivity index (χ0v) is 21.8. The van der Waals surface area contributed by atoms with Crippen molar-refractivity contribution in [3.05, 3.63) is 69.5 Å². The third kappa shape index (κ3) is 7.44. The second kappa shape index (κ2) is 13.1. The van der Waals surface area contributed by atoms with E-state index in [0.29, 0.717) is 60.5 Å². The third-order valence-electron chi connectivity index (χ3n) is 5.77. The summed E-state index contributed by atoms with van der Waals surface area (Å²) in [7, 11) is 3.17. The second-order valence-electron chi connectivity index (χ2n) is 8.36. The Morgan fingerprint density at radius 3 is 2.60 bits per heavy atom. The molecule has 0 aliphatic heterocycles. The van der Waals surface area contributed by atoms with Crippen molar-refractivity contribution in [2.45, 2.75) is 33.2 Å². The summed E-state index contributed by atoms with van der Waals surface area (Å²) < 4.78 is 16.2. The first-order valence-electron chi connectivity index (χ1n) is 11.9. The topological polar surface area (TPSA) is 75.8 Å². The van der Waals surface area contributed by atoms with Gasteiger partial charge in [-0.1, -0.05) is 29.8 Å². The van der Waals surface area contributed by atoms with E-state index in [4.69, 9.17) is 26.4 Å². The number of methoxy groups -OCH3 is 2. The fourth-order valence-electron chi connectivity index (χ4n) is 3.91. The van der Waals surface area contributed by atoms with Crippen LogP contribution in [0.1, 0.15) is 30.0 Å². The minimum atomic E-state index is -0.149. The number of nitrogens with one attached hydrogen (secondary N) is 2. The van der Waals surface area contributed by atoms with E-state index < -0.39 is 0 Å². The van der Waals surface area contributed by atoms with Gasteiger partial charge in [0, 0.05) is 43.3 Å². The van der Waals surface area contributed by atoms with E-state index in [1.165, 1.54) is 11.1 Å². The highest BCUT2D eigenvalue weighted by Gasteiger charge is 2.15. The molecule has 0 bridgehead atoms. The molecule has 188 valence electrons. The molecule has 3 aromatic rings. The molecule has 0 unspecified atom stereocenters. The Morgan fingerprint density at radius 1 is 1.11 bits per heavy atom. The number of ether oxygens (including phenoxy) is 3. The summed E-state index contributed by atoms with van der Waals surface area (Å²) in [6.07, 6.45) is 1.68. The van der Waals surface area contributed by atoms with E-state index in [2.05, 4.69) is 46.4 Å². The zero-order valence-electron chi connectivity index (χ0n) is 21.0. The summed E-state index contributed by atoms with van der Waals surface area (Å²) >= 11 is 5.73. The van der Waals surface area contributed by atoms with Gasteiger partial charge in [-0.05, 0) is 56.6 Å². The maximum absolute atomic E-state index is 13.0. The molecule has 8 heteroatoms. The quantitative estimate of drug-likeness (QED) is 0.287. The summed E-state index contributed by atoms with van der Waals surface area (Å²) in [5, 5.41) is 4.82. The maximum atomic E-state index is 13.0. The van der Waals surface area contributed by atoms with Crippen molar-refractivity contribution in [3.8, 4) is 11.5 Å². The Kier molecular flexibility index (Phi) is 9.93. The van der Waals surface area contributed by atoms with Gasteiger partial charge < -0.3 is 29.4 Å². The molecule has 0 amide bonds. The molecule has 0 atom stereocenters. The first kappa shape index (κ1) is 26.5. The molecule has 35 heavy (non-hydrogen) atoms. The molecule has 0 fully saturated rings. The average molecular weight is 498 g/mol. The number of H-pyrrole nitrogens is 1. The molecule has 0 radical (unpaired) electrons. The Labute approximate surface area is 212 Å². The van der Waals surface area contributed by atoms with Crippen molar-refractivity contribution in [1.29, 1.82) is 0 Å². The van der Waals surface area contributed by atoms with E-state index in [1.54, 1.807) is 20.3 Å². The van der Waals surface area contributed by atoms with Gasteiger partial charge in [-0.2, -0.15) is 0 Å². The van der Waals surface area contributed by atoms with Crippen molar-refractivity contribution < 1.29 is 14.2 Å². The number of thiocarbonyl (C=S) groups is 1. The third-order valence-corrected chi connectivity index (χ3v) is 6.17. The number of nitrogens with zero attached hydrogens (tertiary/aromatic N) is 1. The van der Waals surface area contributed by atoms with E-state index in [1.807, 2.05) is 19.1 Å². The number of aromatic amines is 1. The summed E-state index contributed by atoms with van der Waals surface area (Å²) in [6.45, 7) is 7.25. The molecule has 3 rings (SSSR count). The van der Waals surface area contributed by atoms with Crippen LogP contribution in [0.4, 0.5) is 0 Å². The van der Waals surface area contributed by atoms with E-state index in [0.717, 1.165) is 18.2 Å². The second-order valence-corrected chi connectivity index (χ2v) is 8.75. The molecule has 2 N–H and O–H groups in total. The molecule has 1 aromatic heterocycles. The van der Waals surface area contributed by atoms with Crippen molar-refractivity contribution >= 4 is 28.2 Å². The number of hydrogen-bond acceptors (Lipinski definition) is 5. The van der Waals surface area contributed by atoms with Gasteiger partial charge in [0.25, 0.3) is 5.56 Å². The van der Waals surface area contributed by atoms with Crippen LogP contribution in [-0.2, 0) is 17.7 Å². The largest absolute Gasteiger partial charge is 0.493 e. The molecule has 2 aromatic carbocycles. The number of fused-ring (bicyclic) bond motifs is 1. The number of hydrogen-bond donors (Lipinski definition) is 2. The molecule has 0 spiro atoms. The lowest BCUT2D eigenvalue weighted by atomic mass is 10.1. The predicted octanol–water partition coefficient (Wildman–Crippen LogP) is 4.20.